The van der Waals surface area contributed by atoms with Crippen LogP contribution in [0.2, 0.25) is 0 Å². The maximum absolute atomic E-state index is 11.8. The zero-order valence-corrected chi connectivity index (χ0v) is 11.4. The summed E-state index contributed by atoms with van der Waals surface area (Å²) in [5.41, 5.74) is 1.14. The maximum Gasteiger partial charge on any atom is 0.340 e. The van der Waals surface area contributed by atoms with Crippen LogP contribution in [0.15, 0.2) is 24.4 Å². The van der Waals surface area contributed by atoms with Crippen LogP contribution in [0.4, 0.5) is 0 Å². The summed E-state index contributed by atoms with van der Waals surface area (Å²) in [6.07, 6.45) is 1.66. The van der Waals surface area contributed by atoms with E-state index in [0.717, 1.165) is 16.5 Å². The molecule has 0 fully saturated rings. The van der Waals surface area contributed by atoms with Crippen molar-refractivity contribution in [1.29, 1.82) is 0 Å². The minimum Gasteiger partial charge on any atom is -0.318 e. The van der Waals surface area contributed by atoms with Crippen molar-refractivity contribution >= 4 is 28.5 Å². The van der Waals surface area contributed by atoms with Gasteiger partial charge in [-0.3, -0.25) is 0 Å². The molecule has 0 aliphatic rings. The lowest BCUT2D eigenvalue weighted by Crippen LogP contribution is -2.31. The van der Waals surface area contributed by atoms with E-state index in [2.05, 4.69) is 5.10 Å². The normalized spacial score (nSPS) is 11.8. The lowest BCUT2D eigenvalue weighted by atomic mass is 9.98. The zero-order valence-electron chi connectivity index (χ0n) is 10.6. The Hall–Kier alpha value is -1.55. The summed E-state index contributed by atoms with van der Waals surface area (Å²) < 4.78 is 0. The summed E-state index contributed by atoms with van der Waals surface area (Å²) in [6.45, 7) is 5.39. The standard InChI is InChI=1S/C13H15ClN2O2/c1-13(2,3)12(17)18-16-11-6-4-5-9(7-14)10(11)8-15-16/h4-6,8H,7H2,1-3H3. The molecule has 0 aliphatic heterocycles. The summed E-state index contributed by atoms with van der Waals surface area (Å²) in [5.74, 6) is 0.0692. The smallest absolute Gasteiger partial charge is 0.318 e. The molecule has 5 heteroatoms. The summed E-state index contributed by atoms with van der Waals surface area (Å²) in [7, 11) is 0. The molecular weight excluding hydrogens is 252 g/mol. The number of halogens is 1. The van der Waals surface area contributed by atoms with Crippen LogP contribution >= 0.6 is 11.6 Å². The van der Waals surface area contributed by atoms with Crippen molar-refractivity contribution in [1.82, 2.24) is 9.94 Å². The minimum absolute atomic E-state index is 0.330. The van der Waals surface area contributed by atoms with E-state index in [1.165, 1.54) is 4.85 Å². The van der Waals surface area contributed by atoms with Gasteiger partial charge in [-0.05, 0) is 32.4 Å². The highest BCUT2D eigenvalue weighted by atomic mass is 35.5. The van der Waals surface area contributed by atoms with E-state index in [4.69, 9.17) is 16.4 Å². The van der Waals surface area contributed by atoms with E-state index >= 15 is 0 Å². The lowest BCUT2D eigenvalue weighted by Gasteiger charge is -2.15. The molecule has 1 aromatic heterocycles. The van der Waals surface area contributed by atoms with Gasteiger partial charge in [-0.25, -0.2) is 4.79 Å². The molecule has 2 rings (SSSR count). The molecule has 96 valence electrons. The first-order chi connectivity index (χ1) is 8.43. The highest BCUT2D eigenvalue weighted by molar-refractivity contribution is 6.18. The van der Waals surface area contributed by atoms with E-state index in [1.54, 1.807) is 27.0 Å². The third-order valence-electron chi connectivity index (χ3n) is 2.60. The van der Waals surface area contributed by atoms with E-state index in [1.807, 2.05) is 18.2 Å². The van der Waals surface area contributed by atoms with Gasteiger partial charge in [-0.15, -0.1) is 16.7 Å². The van der Waals surface area contributed by atoms with Gasteiger partial charge in [0.15, 0.2) is 0 Å². The molecule has 2 aromatic rings. The molecule has 0 saturated heterocycles. The Balaban J connectivity index is 2.39. The molecule has 0 saturated carbocycles. The molecule has 1 aromatic carbocycles. The number of alkyl halides is 1. The molecule has 0 atom stereocenters. The topological polar surface area (TPSA) is 44.1 Å². The Morgan fingerprint density at radius 1 is 1.44 bits per heavy atom. The van der Waals surface area contributed by atoms with E-state index in [-0.39, 0.29) is 5.97 Å². The van der Waals surface area contributed by atoms with Crippen molar-refractivity contribution < 1.29 is 9.63 Å². The maximum atomic E-state index is 11.8. The lowest BCUT2D eigenvalue weighted by molar-refractivity contribution is -0.154. The largest absolute Gasteiger partial charge is 0.340 e. The van der Waals surface area contributed by atoms with Gasteiger partial charge in [0, 0.05) is 11.3 Å². The van der Waals surface area contributed by atoms with Crippen LogP contribution in [-0.2, 0) is 10.7 Å². The van der Waals surface area contributed by atoms with Gasteiger partial charge in [-0.2, -0.15) is 0 Å². The number of rotatable bonds is 2. The number of carbonyl (C=O) groups excluding carboxylic acids is 1. The molecule has 1 heterocycles. The fraction of sp³-hybridized carbons (Fsp3) is 0.385. The second-order valence-corrected chi connectivity index (χ2v) is 5.40. The number of carbonyl (C=O) groups is 1. The molecular formula is C13H15ClN2O2. The molecule has 0 aliphatic carbocycles. The van der Waals surface area contributed by atoms with Crippen LogP contribution < -0.4 is 4.84 Å². The SMILES string of the molecule is CC(C)(C)C(=O)On1ncc2c(CCl)cccc21. The Bertz CT molecular complexity index is 584. The molecule has 0 spiro atoms. The summed E-state index contributed by atoms with van der Waals surface area (Å²) in [5, 5.41) is 4.97. The van der Waals surface area contributed by atoms with Crippen molar-refractivity contribution in [2.45, 2.75) is 26.7 Å². The van der Waals surface area contributed by atoms with Crippen LogP contribution in [0.1, 0.15) is 26.3 Å². The second-order valence-electron chi connectivity index (χ2n) is 5.13. The molecule has 18 heavy (non-hydrogen) atoms. The molecule has 0 unspecified atom stereocenters. The first kappa shape index (κ1) is 12.9. The first-order valence-electron chi connectivity index (χ1n) is 5.68. The molecule has 4 nitrogen and oxygen atoms in total. The van der Waals surface area contributed by atoms with E-state index in [0.29, 0.717) is 5.88 Å². The van der Waals surface area contributed by atoms with E-state index < -0.39 is 5.41 Å². The van der Waals surface area contributed by atoms with Crippen LogP contribution in [0.3, 0.4) is 0 Å². The van der Waals surface area contributed by atoms with Gasteiger partial charge in [0.1, 0.15) is 5.52 Å². The molecule has 0 amide bonds. The zero-order chi connectivity index (χ0) is 13.3. The van der Waals surface area contributed by atoms with Crippen LogP contribution in [0.5, 0.6) is 0 Å². The van der Waals surface area contributed by atoms with Gasteiger partial charge in [0.05, 0.1) is 11.6 Å². The molecule has 0 radical (unpaired) electrons. The number of fused-ring (bicyclic) bond motifs is 1. The van der Waals surface area contributed by atoms with E-state index in [9.17, 15) is 4.79 Å². The quantitative estimate of drug-likeness (QED) is 0.785. The minimum atomic E-state index is -0.567. The number of hydrogen-bond acceptors (Lipinski definition) is 3. The average molecular weight is 267 g/mol. The third-order valence-corrected chi connectivity index (χ3v) is 2.88. The Kier molecular flexibility index (Phi) is 3.30. The molecule has 0 N–H and O–H groups in total. The van der Waals surface area contributed by atoms with Crippen molar-refractivity contribution in [3.05, 3.63) is 30.0 Å². The highest BCUT2D eigenvalue weighted by Gasteiger charge is 2.25. The predicted molar refractivity (Wildman–Crippen MR) is 70.3 cm³/mol. The predicted octanol–water partition coefficient (Wildman–Crippen LogP) is 2.78. The fourth-order valence-corrected chi connectivity index (χ4v) is 1.73. The summed E-state index contributed by atoms with van der Waals surface area (Å²) >= 11 is 5.85. The Morgan fingerprint density at radius 2 is 2.17 bits per heavy atom. The number of benzene rings is 1. The second kappa shape index (κ2) is 4.61. The number of nitrogens with zero attached hydrogens (tertiary/aromatic N) is 2. The first-order valence-corrected chi connectivity index (χ1v) is 6.21. The number of hydrogen-bond donors (Lipinski definition) is 0. The van der Waals surface area contributed by atoms with Gasteiger partial charge < -0.3 is 4.84 Å². The van der Waals surface area contributed by atoms with Gasteiger partial charge in [0.25, 0.3) is 0 Å². The van der Waals surface area contributed by atoms with Crippen LogP contribution in [0, 0.1) is 5.41 Å². The molecule has 0 bridgehead atoms. The Morgan fingerprint density at radius 3 is 2.78 bits per heavy atom. The summed E-state index contributed by atoms with van der Waals surface area (Å²) in [6, 6.07) is 5.63. The monoisotopic (exact) mass is 266 g/mol. The average Bonchev–Trinajstić information content (AvgIpc) is 2.71. The Labute approximate surface area is 110 Å². The van der Waals surface area contributed by atoms with Crippen molar-refractivity contribution in [3.63, 3.8) is 0 Å². The van der Waals surface area contributed by atoms with Crippen LogP contribution in [-0.4, -0.2) is 15.9 Å². The van der Waals surface area contributed by atoms with Crippen molar-refractivity contribution in [2.75, 3.05) is 0 Å². The summed E-state index contributed by atoms with van der Waals surface area (Å²) in [4.78, 5) is 18.3. The highest BCUT2D eigenvalue weighted by Crippen LogP contribution is 2.20. The van der Waals surface area contributed by atoms with Crippen molar-refractivity contribution in [3.8, 4) is 0 Å². The number of aromatic nitrogens is 2. The van der Waals surface area contributed by atoms with Gasteiger partial charge in [0.2, 0.25) is 0 Å². The third kappa shape index (κ3) is 2.34. The fourth-order valence-electron chi connectivity index (χ4n) is 1.49. The van der Waals surface area contributed by atoms with Gasteiger partial charge >= 0.3 is 5.97 Å². The van der Waals surface area contributed by atoms with Gasteiger partial charge in [-0.1, -0.05) is 17.0 Å². The van der Waals surface area contributed by atoms with Crippen LogP contribution in [0.25, 0.3) is 10.9 Å². The van der Waals surface area contributed by atoms with Crippen molar-refractivity contribution in [2.24, 2.45) is 5.41 Å².